The molecule has 0 saturated carbocycles. The number of fused-ring (bicyclic) bond motifs is 1. The van der Waals surface area contributed by atoms with Crippen LogP contribution in [0.15, 0.2) is 67.1 Å². The molecule has 2 saturated heterocycles. The van der Waals surface area contributed by atoms with Crippen molar-refractivity contribution in [3.8, 4) is 28.3 Å². The van der Waals surface area contributed by atoms with E-state index >= 15 is 0 Å². The standard InChI is InChI=1S/C41H52N10O3/c1-41(2,15-22-50-19-8-5-9-20-50)40(53)45-38-26-35(31-24-32(54-3)28-42-27-31)48-51(38)36(14-21-49-17-6-4-7-18-49)39(52)44-37-25-34(46-47-37)30-12-13-33-29(23-30)11-10-16-43-33/h10-13,16,23-28,36H,4-9,14-15,17-22H2,1-3H3,(H,45,53)(H2,44,46,47,52). The number of amides is 2. The number of likely N-dealkylation sites (tertiary alicyclic amines) is 2. The molecule has 1 unspecified atom stereocenters. The topological polar surface area (TPSA) is 146 Å². The molecule has 7 rings (SSSR count). The molecule has 2 aliphatic heterocycles. The number of benzene rings is 1. The molecule has 1 atom stereocenters. The number of ether oxygens (including phenoxy) is 1. The molecule has 284 valence electrons. The number of carbonyl (C=O) groups excluding carboxylic acids is 2. The zero-order valence-corrected chi connectivity index (χ0v) is 31.7. The van der Waals surface area contributed by atoms with Crippen LogP contribution in [0.2, 0.25) is 0 Å². The Kier molecular flexibility index (Phi) is 11.6. The maximum Gasteiger partial charge on any atom is 0.250 e. The Balaban J connectivity index is 1.18. The van der Waals surface area contributed by atoms with Gasteiger partial charge in [-0.25, -0.2) is 4.68 Å². The van der Waals surface area contributed by atoms with Gasteiger partial charge < -0.3 is 25.2 Å². The van der Waals surface area contributed by atoms with Gasteiger partial charge in [0.05, 0.1) is 30.2 Å². The minimum atomic E-state index is -0.752. The number of carbonyl (C=O) groups is 2. The van der Waals surface area contributed by atoms with Crippen LogP contribution in [0.5, 0.6) is 5.75 Å². The van der Waals surface area contributed by atoms with E-state index in [1.165, 1.54) is 25.7 Å². The number of methoxy groups -OCH3 is 1. The number of nitrogens with zero attached hydrogens (tertiary/aromatic N) is 7. The van der Waals surface area contributed by atoms with Gasteiger partial charge in [-0.1, -0.05) is 38.8 Å². The second-order valence-electron chi connectivity index (χ2n) is 15.2. The van der Waals surface area contributed by atoms with Gasteiger partial charge in [0.25, 0.3) is 5.91 Å². The fourth-order valence-electron chi connectivity index (χ4n) is 7.40. The maximum absolute atomic E-state index is 14.5. The number of H-pyrrole nitrogens is 1. The van der Waals surface area contributed by atoms with Gasteiger partial charge in [-0.3, -0.25) is 24.7 Å². The number of aromatic nitrogens is 6. The molecule has 2 aliphatic rings. The first-order valence-corrected chi connectivity index (χ1v) is 19.3. The van der Waals surface area contributed by atoms with Crippen molar-refractivity contribution in [1.82, 2.24) is 39.7 Å². The molecular formula is C41H52N10O3. The highest BCUT2D eigenvalue weighted by atomic mass is 16.5. The third-order valence-electron chi connectivity index (χ3n) is 10.8. The van der Waals surface area contributed by atoms with Gasteiger partial charge in [-0.15, -0.1) is 0 Å². The van der Waals surface area contributed by atoms with Gasteiger partial charge in [0.2, 0.25) is 5.91 Å². The molecule has 2 fully saturated rings. The first kappa shape index (κ1) is 37.2. The first-order chi connectivity index (χ1) is 26.3. The minimum absolute atomic E-state index is 0.117. The highest BCUT2D eigenvalue weighted by Gasteiger charge is 2.32. The number of piperidine rings is 2. The summed E-state index contributed by atoms with van der Waals surface area (Å²) in [5, 5.41) is 19.8. The molecule has 13 heteroatoms. The number of nitrogens with one attached hydrogen (secondary N) is 3. The van der Waals surface area contributed by atoms with E-state index in [0.29, 0.717) is 48.0 Å². The van der Waals surface area contributed by atoms with Crippen molar-refractivity contribution in [3.05, 3.63) is 67.1 Å². The molecule has 5 aromatic rings. The van der Waals surface area contributed by atoms with Crippen LogP contribution >= 0.6 is 0 Å². The molecule has 6 heterocycles. The zero-order chi connectivity index (χ0) is 37.5. The van der Waals surface area contributed by atoms with E-state index in [1.807, 2.05) is 62.4 Å². The predicted molar refractivity (Wildman–Crippen MR) is 211 cm³/mol. The summed E-state index contributed by atoms with van der Waals surface area (Å²) in [5.74, 6) is 1.05. The Morgan fingerprint density at radius 2 is 1.65 bits per heavy atom. The minimum Gasteiger partial charge on any atom is -0.495 e. The number of hydrogen-bond donors (Lipinski definition) is 3. The normalized spacial score (nSPS) is 16.3. The van der Waals surface area contributed by atoms with Gasteiger partial charge in [0.15, 0.2) is 5.82 Å². The second-order valence-corrected chi connectivity index (χ2v) is 15.2. The lowest BCUT2D eigenvalue weighted by atomic mass is 9.87. The third kappa shape index (κ3) is 8.96. The summed E-state index contributed by atoms with van der Waals surface area (Å²) in [6.07, 6.45) is 13.5. The lowest BCUT2D eigenvalue weighted by Gasteiger charge is -2.31. The van der Waals surface area contributed by atoms with Crippen LogP contribution in [0.4, 0.5) is 11.6 Å². The molecular weight excluding hydrogens is 681 g/mol. The lowest BCUT2D eigenvalue weighted by Crippen LogP contribution is -2.38. The van der Waals surface area contributed by atoms with Gasteiger partial charge in [0.1, 0.15) is 17.6 Å². The van der Waals surface area contributed by atoms with Crippen LogP contribution in [0.3, 0.4) is 0 Å². The summed E-state index contributed by atoms with van der Waals surface area (Å²) in [4.78, 5) is 42.2. The average Bonchev–Trinajstić information content (AvgIpc) is 3.85. The number of anilines is 2. The van der Waals surface area contributed by atoms with E-state index in [9.17, 15) is 9.59 Å². The SMILES string of the molecule is COc1cncc(-c2cc(NC(=O)C(C)(C)CCN3CCCCC3)n(C(CCN3CCCCC3)C(=O)Nc3cc(-c4ccc5ncccc5c4)[nH]n3)n2)c1. The van der Waals surface area contributed by atoms with Gasteiger partial charge in [0, 0.05) is 53.0 Å². The molecule has 0 radical (unpaired) electrons. The molecule has 4 aromatic heterocycles. The molecule has 54 heavy (non-hydrogen) atoms. The average molecular weight is 733 g/mol. The fourth-order valence-corrected chi connectivity index (χ4v) is 7.40. The van der Waals surface area contributed by atoms with E-state index in [4.69, 9.17) is 9.84 Å². The molecule has 2 amide bonds. The van der Waals surface area contributed by atoms with E-state index in [0.717, 1.165) is 67.7 Å². The lowest BCUT2D eigenvalue weighted by molar-refractivity contribution is -0.124. The molecule has 1 aromatic carbocycles. The zero-order valence-electron chi connectivity index (χ0n) is 31.7. The quantitative estimate of drug-likeness (QED) is 0.112. The van der Waals surface area contributed by atoms with Crippen molar-refractivity contribution in [2.45, 2.75) is 71.3 Å². The van der Waals surface area contributed by atoms with Crippen LogP contribution in [-0.4, -0.2) is 97.9 Å². The van der Waals surface area contributed by atoms with Crippen LogP contribution in [0.1, 0.15) is 71.3 Å². The van der Waals surface area contributed by atoms with E-state index in [1.54, 1.807) is 30.4 Å². The Morgan fingerprint density at radius 3 is 2.41 bits per heavy atom. The van der Waals surface area contributed by atoms with Crippen molar-refractivity contribution < 1.29 is 14.3 Å². The Labute approximate surface area is 316 Å². The maximum atomic E-state index is 14.5. The summed E-state index contributed by atoms with van der Waals surface area (Å²) in [5.41, 5.74) is 3.24. The smallest absolute Gasteiger partial charge is 0.250 e. The fraction of sp³-hybridized carbons (Fsp3) is 0.463. The largest absolute Gasteiger partial charge is 0.495 e. The van der Waals surface area contributed by atoms with Crippen molar-refractivity contribution in [1.29, 1.82) is 0 Å². The number of aromatic amines is 1. The third-order valence-corrected chi connectivity index (χ3v) is 10.8. The van der Waals surface area contributed by atoms with E-state index < -0.39 is 11.5 Å². The van der Waals surface area contributed by atoms with Crippen LogP contribution in [0, 0.1) is 5.41 Å². The Hall–Kier alpha value is -5.14. The monoisotopic (exact) mass is 732 g/mol. The van der Waals surface area contributed by atoms with Crippen molar-refractivity contribution in [2.75, 3.05) is 57.0 Å². The predicted octanol–water partition coefficient (Wildman–Crippen LogP) is 6.79. The summed E-state index contributed by atoms with van der Waals surface area (Å²) in [7, 11) is 1.59. The van der Waals surface area contributed by atoms with Crippen molar-refractivity contribution >= 4 is 34.4 Å². The van der Waals surface area contributed by atoms with Crippen molar-refractivity contribution in [2.24, 2.45) is 5.41 Å². The summed E-state index contributed by atoms with van der Waals surface area (Å²) in [6, 6.07) is 14.7. The van der Waals surface area contributed by atoms with Gasteiger partial charge >= 0.3 is 0 Å². The Morgan fingerprint density at radius 1 is 0.889 bits per heavy atom. The summed E-state index contributed by atoms with van der Waals surface area (Å²) < 4.78 is 7.14. The van der Waals surface area contributed by atoms with Crippen LogP contribution < -0.4 is 15.4 Å². The summed E-state index contributed by atoms with van der Waals surface area (Å²) in [6.45, 7) is 9.69. The highest BCUT2D eigenvalue weighted by molar-refractivity contribution is 5.97. The van der Waals surface area contributed by atoms with Crippen LogP contribution in [0.25, 0.3) is 33.4 Å². The van der Waals surface area contributed by atoms with Gasteiger partial charge in [-0.2, -0.15) is 10.2 Å². The molecule has 0 aliphatic carbocycles. The number of hydrogen-bond acceptors (Lipinski definition) is 9. The number of pyridine rings is 2. The summed E-state index contributed by atoms with van der Waals surface area (Å²) >= 11 is 0. The van der Waals surface area contributed by atoms with E-state index in [2.05, 4.69) is 40.6 Å². The molecule has 13 nitrogen and oxygen atoms in total. The highest BCUT2D eigenvalue weighted by Crippen LogP contribution is 2.32. The van der Waals surface area contributed by atoms with Gasteiger partial charge in [-0.05, 0) is 95.5 Å². The second kappa shape index (κ2) is 16.9. The molecule has 0 bridgehead atoms. The van der Waals surface area contributed by atoms with Crippen molar-refractivity contribution in [3.63, 3.8) is 0 Å². The Bertz CT molecular complexity index is 2040. The van der Waals surface area contributed by atoms with E-state index in [-0.39, 0.29) is 11.8 Å². The number of rotatable bonds is 14. The van der Waals surface area contributed by atoms with Crippen LogP contribution in [-0.2, 0) is 9.59 Å². The molecule has 3 N–H and O–H groups in total. The first-order valence-electron chi connectivity index (χ1n) is 19.3. The molecule has 0 spiro atoms.